The molecule has 0 aliphatic heterocycles. The molecule has 0 spiro atoms. The van der Waals surface area contributed by atoms with E-state index in [4.69, 9.17) is 0 Å². The summed E-state index contributed by atoms with van der Waals surface area (Å²) in [4.78, 5) is 0. The van der Waals surface area contributed by atoms with Crippen LogP contribution in [0.2, 0.25) is 0 Å². The topological polar surface area (TPSA) is 0 Å². The van der Waals surface area contributed by atoms with Crippen molar-refractivity contribution in [2.75, 3.05) is 0 Å². The van der Waals surface area contributed by atoms with Gasteiger partial charge in [0.05, 0.1) is 0 Å². The van der Waals surface area contributed by atoms with Gasteiger partial charge in [-0.3, -0.25) is 0 Å². The van der Waals surface area contributed by atoms with E-state index in [-0.39, 0.29) is 0 Å². The summed E-state index contributed by atoms with van der Waals surface area (Å²) in [6, 6.07) is 8.99. The molecule has 0 unspecified atom stereocenters. The van der Waals surface area contributed by atoms with Gasteiger partial charge in [0, 0.05) is 3.57 Å². The van der Waals surface area contributed by atoms with Crippen molar-refractivity contribution in [2.45, 2.75) is 45.4 Å². The minimum absolute atomic E-state index is 0.770. The molecule has 0 bridgehead atoms. The van der Waals surface area contributed by atoms with Crippen molar-refractivity contribution < 1.29 is 0 Å². The lowest BCUT2D eigenvalue weighted by Crippen LogP contribution is -1.97. The Hall–Kier alpha value is -0.0500. The summed E-state index contributed by atoms with van der Waals surface area (Å²) in [6.07, 6.45) is 5.26. The van der Waals surface area contributed by atoms with E-state index in [0.717, 1.165) is 5.92 Å². The zero-order chi connectivity index (χ0) is 10.4. The number of hydrogen-bond acceptors (Lipinski definition) is 0. The normalized spacial score (nSPS) is 12.8. The molecule has 0 aromatic heterocycles. The van der Waals surface area contributed by atoms with Gasteiger partial charge in [-0.15, -0.1) is 0 Å². The highest BCUT2D eigenvalue weighted by Crippen LogP contribution is 2.25. The highest BCUT2D eigenvalue weighted by atomic mass is 127. The number of unbranched alkanes of at least 4 members (excludes halogenated alkanes) is 1. The van der Waals surface area contributed by atoms with Gasteiger partial charge in [-0.05, 0) is 59.0 Å². The molecule has 14 heavy (non-hydrogen) atoms. The van der Waals surface area contributed by atoms with Gasteiger partial charge in [-0.2, -0.15) is 0 Å². The van der Waals surface area contributed by atoms with Crippen LogP contribution in [0.5, 0.6) is 0 Å². The Balaban J connectivity index is 2.64. The summed E-state index contributed by atoms with van der Waals surface area (Å²) >= 11 is 2.36. The first-order valence-corrected chi connectivity index (χ1v) is 6.61. The van der Waals surface area contributed by atoms with Crippen molar-refractivity contribution in [3.8, 4) is 0 Å². The number of hydrogen-bond donors (Lipinski definition) is 0. The van der Waals surface area contributed by atoms with Crippen LogP contribution >= 0.6 is 22.6 Å². The summed E-state index contributed by atoms with van der Waals surface area (Å²) in [7, 11) is 0. The van der Waals surface area contributed by atoms with Crippen LogP contribution in [-0.4, -0.2) is 0 Å². The second-order valence-corrected chi connectivity index (χ2v) is 5.04. The van der Waals surface area contributed by atoms with E-state index in [1.807, 2.05) is 0 Å². The minimum atomic E-state index is 0.770. The lowest BCUT2D eigenvalue weighted by atomic mass is 9.91. The van der Waals surface area contributed by atoms with E-state index < -0.39 is 0 Å². The molecule has 1 aromatic carbocycles. The fourth-order valence-electron chi connectivity index (χ4n) is 1.79. The van der Waals surface area contributed by atoms with Crippen molar-refractivity contribution in [3.63, 3.8) is 0 Å². The number of benzene rings is 1. The van der Waals surface area contributed by atoms with Gasteiger partial charge in [-0.1, -0.05) is 38.8 Å². The van der Waals surface area contributed by atoms with Gasteiger partial charge in [0.15, 0.2) is 0 Å². The molecule has 0 nitrogen and oxygen atoms in total. The lowest BCUT2D eigenvalue weighted by Gasteiger charge is -2.14. The smallest absolute Gasteiger partial charge is 0.0130 e. The zero-order valence-corrected chi connectivity index (χ0v) is 11.3. The second-order valence-electron chi connectivity index (χ2n) is 3.80. The van der Waals surface area contributed by atoms with Crippen LogP contribution in [0.1, 0.15) is 51.0 Å². The molecule has 0 aliphatic rings. The SMILES string of the molecule is CCCC[C@H](CC)c1ccc(I)cc1. The molecule has 1 aromatic rings. The molecular formula is C13H19I. The van der Waals surface area contributed by atoms with Crippen LogP contribution in [0.25, 0.3) is 0 Å². The Morgan fingerprint density at radius 2 is 1.79 bits per heavy atom. The zero-order valence-electron chi connectivity index (χ0n) is 9.09. The predicted octanol–water partition coefficient (Wildman–Crippen LogP) is 4.98. The van der Waals surface area contributed by atoms with Crippen LogP contribution in [0, 0.1) is 3.57 Å². The number of rotatable bonds is 5. The van der Waals surface area contributed by atoms with Crippen molar-refractivity contribution in [1.29, 1.82) is 0 Å². The maximum absolute atomic E-state index is 2.36. The molecule has 0 radical (unpaired) electrons. The third-order valence-corrected chi connectivity index (χ3v) is 3.46. The van der Waals surface area contributed by atoms with Gasteiger partial charge in [0.1, 0.15) is 0 Å². The van der Waals surface area contributed by atoms with Crippen LogP contribution in [0.4, 0.5) is 0 Å². The summed E-state index contributed by atoms with van der Waals surface area (Å²) in [5.74, 6) is 0.770. The minimum Gasteiger partial charge on any atom is -0.0654 e. The second kappa shape index (κ2) is 6.44. The quantitative estimate of drug-likeness (QED) is 0.673. The molecule has 0 N–H and O–H groups in total. The van der Waals surface area contributed by atoms with E-state index in [1.54, 1.807) is 0 Å². The van der Waals surface area contributed by atoms with E-state index in [0.29, 0.717) is 0 Å². The standard InChI is InChI=1S/C13H19I/c1-3-5-6-11(4-2)12-7-9-13(14)10-8-12/h7-11H,3-6H2,1-2H3/t11-/m0/s1. The monoisotopic (exact) mass is 302 g/mol. The van der Waals surface area contributed by atoms with Crippen LogP contribution in [0.3, 0.4) is 0 Å². The molecule has 0 saturated heterocycles. The summed E-state index contributed by atoms with van der Waals surface area (Å²) in [6.45, 7) is 4.55. The van der Waals surface area contributed by atoms with Crippen LogP contribution < -0.4 is 0 Å². The molecule has 1 heteroatoms. The Kier molecular flexibility index (Phi) is 5.53. The average Bonchev–Trinajstić information content (AvgIpc) is 2.21. The number of halogens is 1. The molecule has 1 rings (SSSR count). The van der Waals surface area contributed by atoms with Crippen molar-refractivity contribution in [1.82, 2.24) is 0 Å². The lowest BCUT2D eigenvalue weighted by molar-refractivity contribution is 0.569. The van der Waals surface area contributed by atoms with Crippen LogP contribution in [-0.2, 0) is 0 Å². The fourth-order valence-corrected chi connectivity index (χ4v) is 2.15. The molecule has 0 fully saturated rings. The first-order chi connectivity index (χ1) is 6.77. The van der Waals surface area contributed by atoms with Crippen molar-refractivity contribution >= 4 is 22.6 Å². The van der Waals surface area contributed by atoms with E-state index in [2.05, 4.69) is 60.7 Å². The maximum Gasteiger partial charge on any atom is 0.0130 e. The van der Waals surface area contributed by atoms with E-state index >= 15 is 0 Å². The van der Waals surface area contributed by atoms with Crippen molar-refractivity contribution in [2.24, 2.45) is 0 Å². The highest BCUT2D eigenvalue weighted by Gasteiger charge is 2.07. The largest absolute Gasteiger partial charge is 0.0654 e. The van der Waals surface area contributed by atoms with Gasteiger partial charge >= 0.3 is 0 Å². The molecule has 0 aliphatic carbocycles. The maximum atomic E-state index is 2.36. The Labute approximate surface area is 101 Å². The molecule has 78 valence electrons. The van der Waals surface area contributed by atoms with E-state index in [9.17, 15) is 0 Å². The average molecular weight is 302 g/mol. The summed E-state index contributed by atoms with van der Waals surface area (Å²) in [5, 5.41) is 0. The van der Waals surface area contributed by atoms with Gasteiger partial charge < -0.3 is 0 Å². The fraction of sp³-hybridized carbons (Fsp3) is 0.538. The molecule has 0 amide bonds. The summed E-state index contributed by atoms with van der Waals surface area (Å²) < 4.78 is 1.33. The third-order valence-electron chi connectivity index (χ3n) is 2.74. The first-order valence-electron chi connectivity index (χ1n) is 5.53. The Morgan fingerprint density at radius 1 is 1.14 bits per heavy atom. The van der Waals surface area contributed by atoms with E-state index in [1.165, 1.54) is 34.8 Å². The Bertz CT molecular complexity index is 250. The third kappa shape index (κ3) is 3.60. The van der Waals surface area contributed by atoms with Gasteiger partial charge in [0.2, 0.25) is 0 Å². The Morgan fingerprint density at radius 3 is 2.29 bits per heavy atom. The molecule has 1 atom stereocenters. The predicted molar refractivity (Wildman–Crippen MR) is 71.7 cm³/mol. The van der Waals surface area contributed by atoms with Gasteiger partial charge in [0.25, 0.3) is 0 Å². The molecular weight excluding hydrogens is 283 g/mol. The van der Waals surface area contributed by atoms with Crippen molar-refractivity contribution in [3.05, 3.63) is 33.4 Å². The highest BCUT2D eigenvalue weighted by molar-refractivity contribution is 14.1. The first kappa shape index (κ1) is 12.0. The van der Waals surface area contributed by atoms with Gasteiger partial charge in [-0.25, -0.2) is 0 Å². The molecule has 0 heterocycles. The summed E-state index contributed by atoms with van der Waals surface area (Å²) in [5.41, 5.74) is 1.52. The van der Waals surface area contributed by atoms with Crippen LogP contribution in [0.15, 0.2) is 24.3 Å². The molecule has 0 saturated carbocycles.